The second-order valence-electron chi connectivity index (χ2n) is 9.27. The highest BCUT2D eigenvalue weighted by Crippen LogP contribution is 2.32. The van der Waals surface area contributed by atoms with Crippen molar-refractivity contribution in [2.75, 3.05) is 45.9 Å². The Hall–Kier alpha value is -3.00. The fraction of sp³-hybridized carbons (Fsp3) is 0.440. The molecule has 0 saturated carbocycles. The normalized spacial score (nSPS) is 19.1. The number of hydrogen-bond acceptors (Lipinski definition) is 7. The molecule has 2 aromatic carbocycles. The summed E-state index contributed by atoms with van der Waals surface area (Å²) in [6, 6.07) is 5.43. The number of piperidine rings is 1. The van der Waals surface area contributed by atoms with Crippen LogP contribution in [0.25, 0.3) is 0 Å². The molecule has 0 bridgehead atoms. The van der Waals surface area contributed by atoms with Crippen LogP contribution in [0, 0.1) is 11.6 Å². The lowest BCUT2D eigenvalue weighted by atomic mass is 10.1. The van der Waals surface area contributed by atoms with E-state index in [1.165, 1.54) is 35.6 Å². The van der Waals surface area contributed by atoms with Gasteiger partial charge in [-0.2, -0.15) is 4.31 Å². The Morgan fingerprint density at radius 1 is 1.00 bits per heavy atom. The lowest BCUT2D eigenvalue weighted by Gasteiger charge is -2.38. The van der Waals surface area contributed by atoms with E-state index in [1.54, 1.807) is 0 Å². The fourth-order valence-electron chi connectivity index (χ4n) is 4.53. The van der Waals surface area contributed by atoms with Crippen molar-refractivity contribution in [2.45, 2.75) is 30.2 Å². The molecule has 2 N–H and O–H groups in total. The molecule has 0 aromatic heterocycles. The summed E-state index contributed by atoms with van der Waals surface area (Å²) in [6.07, 6.45) is 2.67. The second-order valence-corrected chi connectivity index (χ2v) is 11.6. The summed E-state index contributed by atoms with van der Waals surface area (Å²) in [5.41, 5.74) is 5.46. The molecule has 0 spiro atoms. The summed E-state index contributed by atoms with van der Waals surface area (Å²) in [7, 11) is -4.58. The number of carbonyl (C=O) groups is 2. The highest BCUT2D eigenvalue weighted by Gasteiger charge is 2.41. The molecule has 2 amide bonds. The summed E-state index contributed by atoms with van der Waals surface area (Å²) in [5, 5.41) is 0.388. The third-order valence-electron chi connectivity index (χ3n) is 6.61. The Morgan fingerprint density at radius 3 is 2.26 bits per heavy atom. The van der Waals surface area contributed by atoms with Gasteiger partial charge in [0.05, 0.1) is 4.90 Å². The quantitative estimate of drug-likeness (QED) is 0.504. The highest BCUT2D eigenvalue weighted by molar-refractivity contribution is 7.89. The van der Waals surface area contributed by atoms with Crippen LogP contribution in [0.2, 0.25) is 5.02 Å². The number of benzene rings is 2. The van der Waals surface area contributed by atoms with Gasteiger partial charge in [-0.3, -0.25) is 9.69 Å². The Balaban J connectivity index is 1.44. The van der Waals surface area contributed by atoms with Crippen molar-refractivity contribution < 1.29 is 36.3 Å². The minimum absolute atomic E-state index is 0.0838. The third kappa shape index (κ3) is 6.96. The largest absolute Gasteiger partial charge is 0.451 e. The maximum atomic E-state index is 14.8. The number of hydrogen-bond donors (Lipinski definition) is 1. The molecule has 0 unspecified atom stereocenters. The smallest absolute Gasteiger partial charge is 0.409 e. The number of primary amides is 1. The van der Waals surface area contributed by atoms with Crippen molar-refractivity contribution in [1.82, 2.24) is 14.1 Å². The molecule has 2 aromatic rings. The average molecular weight is 587 g/mol. The molecular formula is C25H29ClF2N4O6S. The van der Waals surface area contributed by atoms with E-state index in [0.717, 1.165) is 30.2 Å². The maximum absolute atomic E-state index is 14.8. The van der Waals surface area contributed by atoms with Gasteiger partial charge in [0.1, 0.15) is 18.4 Å². The van der Waals surface area contributed by atoms with Crippen LogP contribution in [-0.4, -0.2) is 86.4 Å². The molecule has 212 valence electrons. The molecule has 0 aliphatic carbocycles. The average Bonchev–Trinajstić information content (AvgIpc) is 2.91. The molecular weight excluding hydrogens is 558 g/mol. The number of halogens is 3. The summed E-state index contributed by atoms with van der Waals surface area (Å²) < 4.78 is 67.6. The van der Waals surface area contributed by atoms with Crippen LogP contribution in [0.3, 0.4) is 0 Å². The van der Waals surface area contributed by atoms with Gasteiger partial charge in [-0.15, -0.1) is 0 Å². The van der Waals surface area contributed by atoms with E-state index in [9.17, 15) is 26.8 Å². The zero-order valence-electron chi connectivity index (χ0n) is 21.0. The summed E-state index contributed by atoms with van der Waals surface area (Å²) in [6.45, 7) is 1.81. The number of sulfonamides is 1. The van der Waals surface area contributed by atoms with E-state index < -0.39 is 50.3 Å². The lowest BCUT2D eigenvalue weighted by Crippen LogP contribution is -2.60. The van der Waals surface area contributed by atoms with E-state index in [4.69, 9.17) is 26.8 Å². The van der Waals surface area contributed by atoms with Gasteiger partial charge in [-0.1, -0.05) is 18.0 Å². The van der Waals surface area contributed by atoms with E-state index >= 15 is 0 Å². The first-order chi connectivity index (χ1) is 18.6. The number of likely N-dealkylation sites (tertiary alicyclic amines) is 1. The van der Waals surface area contributed by atoms with Gasteiger partial charge in [-0.25, -0.2) is 22.0 Å². The monoisotopic (exact) mass is 586 g/mol. The van der Waals surface area contributed by atoms with Crippen molar-refractivity contribution in [3.8, 4) is 11.5 Å². The summed E-state index contributed by atoms with van der Waals surface area (Å²) in [5.74, 6) is -4.28. The Labute approximate surface area is 230 Å². The molecule has 2 aliphatic heterocycles. The molecule has 1 atom stereocenters. The van der Waals surface area contributed by atoms with E-state index in [0.29, 0.717) is 23.7 Å². The van der Waals surface area contributed by atoms with Gasteiger partial charge in [0.2, 0.25) is 15.9 Å². The first kappa shape index (κ1) is 29.0. The van der Waals surface area contributed by atoms with Gasteiger partial charge in [0.25, 0.3) is 0 Å². The molecule has 0 radical (unpaired) electrons. The van der Waals surface area contributed by atoms with Crippen LogP contribution >= 0.6 is 11.6 Å². The Kier molecular flexibility index (Phi) is 9.26. The minimum atomic E-state index is -4.58. The van der Waals surface area contributed by atoms with Gasteiger partial charge >= 0.3 is 6.09 Å². The third-order valence-corrected chi connectivity index (χ3v) is 8.75. The number of piperazine rings is 1. The van der Waals surface area contributed by atoms with Gasteiger partial charge in [-0.05, 0) is 62.3 Å². The molecule has 10 nitrogen and oxygen atoms in total. The van der Waals surface area contributed by atoms with Crippen LogP contribution in [0.15, 0.2) is 41.3 Å². The molecule has 2 heterocycles. The predicted octanol–water partition coefficient (Wildman–Crippen LogP) is 3.19. The van der Waals surface area contributed by atoms with Crippen molar-refractivity contribution in [3.05, 3.63) is 53.1 Å². The first-order valence-electron chi connectivity index (χ1n) is 12.4. The lowest BCUT2D eigenvalue weighted by molar-refractivity contribution is -0.123. The van der Waals surface area contributed by atoms with Crippen LogP contribution in [-0.2, 0) is 19.6 Å². The number of carbonyl (C=O) groups excluding carboxylic acids is 2. The summed E-state index contributed by atoms with van der Waals surface area (Å²) >= 11 is 5.80. The molecule has 4 rings (SSSR count). The van der Waals surface area contributed by atoms with Crippen molar-refractivity contribution in [2.24, 2.45) is 5.73 Å². The Morgan fingerprint density at radius 2 is 1.64 bits per heavy atom. The predicted molar refractivity (Wildman–Crippen MR) is 138 cm³/mol. The number of rotatable bonds is 8. The first-order valence-corrected chi connectivity index (χ1v) is 14.3. The number of ether oxygens (including phenoxy) is 2. The maximum Gasteiger partial charge on any atom is 0.409 e. The molecule has 2 saturated heterocycles. The van der Waals surface area contributed by atoms with Crippen molar-refractivity contribution >= 4 is 33.6 Å². The standard InChI is InChI=1S/C25H29ClF2N4O6S/c26-17-4-6-18(7-5-17)38-23-20(27)14-19(15-21(23)28)39(35,36)32-11-10-31(16-22(32)24(29)33)25(34)37-13-12-30-8-2-1-3-9-30/h4-7,14-15,22H,1-3,8-13,16H2,(H2,29,33)/t22-/m1/s1. The van der Waals surface area contributed by atoms with Crippen LogP contribution < -0.4 is 10.5 Å². The molecule has 39 heavy (non-hydrogen) atoms. The highest BCUT2D eigenvalue weighted by atomic mass is 35.5. The van der Waals surface area contributed by atoms with Crippen LogP contribution in [0.4, 0.5) is 13.6 Å². The fourth-order valence-corrected chi connectivity index (χ4v) is 6.26. The molecule has 2 fully saturated rings. The van der Waals surface area contributed by atoms with E-state index in [2.05, 4.69) is 4.90 Å². The Bertz CT molecular complexity index is 1290. The minimum Gasteiger partial charge on any atom is -0.451 e. The molecule has 2 aliphatic rings. The zero-order valence-corrected chi connectivity index (χ0v) is 22.6. The van der Waals surface area contributed by atoms with Gasteiger partial charge < -0.3 is 20.1 Å². The zero-order chi connectivity index (χ0) is 28.2. The van der Waals surface area contributed by atoms with Crippen LogP contribution in [0.1, 0.15) is 19.3 Å². The summed E-state index contributed by atoms with van der Waals surface area (Å²) in [4.78, 5) is 27.4. The second kappa shape index (κ2) is 12.5. The molecule has 14 heteroatoms. The van der Waals surface area contributed by atoms with E-state index in [-0.39, 0.29) is 32.0 Å². The van der Waals surface area contributed by atoms with Crippen molar-refractivity contribution in [1.29, 1.82) is 0 Å². The van der Waals surface area contributed by atoms with Gasteiger partial charge in [0, 0.05) is 31.2 Å². The number of nitrogens with two attached hydrogens (primary N) is 1. The van der Waals surface area contributed by atoms with E-state index in [1.807, 2.05) is 0 Å². The van der Waals surface area contributed by atoms with Crippen LogP contribution in [0.5, 0.6) is 11.5 Å². The van der Waals surface area contributed by atoms with Crippen molar-refractivity contribution in [3.63, 3.8) is 0 Å². The number of amides is 2. The van der Waals surface area contributed by atoms with Gasteiger partial charge in [0.15, 0.2) is 17.4 Å². The SMILES string of the molecule is NC(=O)[C@H]1CN(C(=O)OCCN2CCCCC2)CCN1S(=O)(=O)c1cc(F)c(Oc2ccc(Cl)cc2)c(F)c1. The number of nitrogens with zero attached hydrogens (tertiary/aromatic N) is 3. The topological polar surface area (TPSA) is 122 Å².